The number of hydrogen-bond donors (Lipinski definition) is 0. The van der Waals surface area contributed by atoms with E-state index in [1.165, 1.54) is 6.92 Å². The first-order valence-electron chi connectivity index (χ1n) is 2.95. The highest BCUT2D eigenvalue weighted by Gasteiger charge is 2.45. The highest BCUT2D eigenvalue weighted by atomic mass is 32.2. The lowest BCUT2D eigenvalue weighted by Gasteiger charge is -2.02. The minimum Gasteiger partial charge on any atom is -0.243 e. The minimum absolute atomic E-state index is 0.366. The van der Waals surface area contributed by atoms with Crippen molar-refractivity contribution in [3.8, 4) is 0 Å². The second kappa shape index (κ2) is 2.15. The molecule has 0 saturated carbocycles. The molecule has 5 heteroatoms. The van der Waals surface area contributed by atoms with Crippen LogP contribution in [0.2, 0.25) is 0 Å². The molecule has 1 saturated heterocycles. The highest BCUT2D eigenvalue weighted by molar-refractivity contribution is 7.92. The van der Waals surface area contributed by atoms with Crippen molar-refractivity contribution in [1.29, 1.82) is 0 Å². The molecule has 3 unspecified atom stereocenters. The van der Waals surface area contributed by atoms with E-state index in [2.05, 4.69) is 0 Å². The van der Waals surface area contributed by atoms with Crippen LogP contribution < -0.4 is 0 Å². The van der Waals surface area contributed by atoms with Gasteiger partial charge >= 0.3 is 0 Å². The maximum Gasteiger partial charge on any atom is 0.231 e. The molecule has 0 bridgehead atoms. The van der Waals surface area contributed by atoms with Crippen molar-refractivity contribution in [2.75, 3.05) is 5.75 Å². The molecule has 1 rings (SSSR count). The molecule has 0 N–H and O–H groups in total. The summed E-state index contributed by atoms with van der Waals surface area (Å²) in [5.74, 6) is -1.06. The third-order valence-corrected chi connectivity index (χ3v) is 3.57. The summed E-state index contributed by atoms with van der Waals surface area (Å²) >= 11 is 0. The summed E-state index contributed by atoms with van der Waals surface area (Å²) in [7, 11) is -3.77. The second-order valence-electron chi connectivity index (χ2n) is 2.60. The molecule has 0 aromatic rings. The minimum atomic E-state index is -3.77. The summed E-state index contributed by atoms with van der Waals surface area (Å²) < 4.78 is 46.0. The Morgan fingerprint density at radius 1 is 1.40 bits per heavy atom. The maximum absolute atomic E-state index is 12.5. The molecule has 1 aliphatic heterocycles. The van der Waals surface area contributed by atoms with E-state index in [-0.39, 0.29) is 5.75 Å². The van der Waals surface area contributed by atoms with Gasteiger partial charge < -0.3 is 0 Å². The van der Waals surface area contributed by atoms with Crippen LogP contribution in [0.25, 0.3) is 0 Å². The van der Waals surface area contributed by atoms with Gasteiger partial charge in [-0.1, -0.05) is 6.92 Å². The molecule has 0 spiro atoms. The zero-order valence-electron chi connectivity index (χ0n) is 5.42. The van der Waals surface area contributed by atoms with Crippen molar-refractivity contribution >= 4 is 9.84 Å². The Kier molecular flexibility index (Phi) is 1.70. The van der Waals surface area contributed by atoms with Gasteiger partial charge in [-0.15, -0.1) is 0 Å². The Hall–Kier alpha value is -0.190. The highest BCUT2D eigenvalue weighted by Crippen LogP contribution is 2.29. The second-order valence-corrected chi connectivity index (χ2v) is 4.71. The molecule has 10 heavy (non-hydrogen) atoms. The average Bonchev–Trinajstić information content (AvgIpc) is 1.95. The van der Waals surface area contributed by atoms with E-state index >= 15 is 0 Å². The zero-order chi connectivity index (χ0) is 7.94. The van der Waals surface area contributed by atoms with Gasteiger partial charge in [0.2, 0.25) is 5.50 Å². The van der Waals surface area contributed by atoms with Crippen molar-refractivity contribution in [2.24, 2.45) is 5.92 Å². The molecule has 2 nitrogen and oxygen atoms in total. The van der Waals surface area contributed by atoms with Crippen LogP contribution in [-0.4, -0.2) is 25.8 Å². The van der Waals surface area contributed by atoms with Gasteiger partial charge in [0.05, 0.1) is 5.75 Å². The van der Waals surface area contributed by atoms with E-state index in [9.17, 15) is 17.2 Å². The van der Waals surface area contributed by atoms with Crippen LogP contribution in [0.5, 0.6) is 0 Å². The SMILES string of the molecule is CC1CS(=O)(=O)C(F)C1F. The fourth-order valence-electron chi connectivity index (χ4n) is 1.01. The predicted octanol–water partition coefficient (Wildman–Crippen LogP) is 0.685. The Balaban J connectivity index is 2.93. The summed E-state index contributed by atoms with van der Waals surface area (Å²) in [6, 6.07) is 0. The number of rotatable bonds is 0. The van der Waals surface area contributed by atoms with Crippen LogP contribution in [0.15, 0.2) is 0 Å². The molecule has 0 amide bonds. The zero-order valence-corrected chi connectivity index (χ0v) is 6.24. The molecule has 1 heterocycles. The normalized spacial score (nSPS) is 45.7. The summed E-state index contributed by atoms with van der Waals surface area (Å²) in [6.07, 6.45) is -1.83. The molecule has 0 radical (unpaired) electrons. The smallest absolute Gasteiger partial charge is 0.231 e. The van der Waals surface area contributed by atoms with Crippen molar-refractivity contribution in [3.05, 3.63) is 0 Å². The van der Waals surface area contributed by atoms with Gasteiger partial charge in [-0.3, -0.25) is 0 Å². The van der Waals surface area contributed by atoms with Crippen molar-refractivity contribution in [3.63, 3.8) is 0 Å². The monoisotopic (exact) mass is 170 g/mol. The lowest BCUT2D eigenvalue weighted by molar-refractivity contribution is 0.195. The first kappa shape index (κ1) is 7.91. The summed E-state index contributed by atoms with van der Waals surface area (Å²) in [4.78, 5) is 0. The van der Waals surface area contributed by atoms with Crippen molar-refractivity contribution < 1.29 is 17.2 Å². The molecule has 0 aromatic heterocycles. The number of halogens is 2. The topological polar surface area (TPSA) is 34.1 Å². The van der Waals surface area contributed by atoms with Crippen LogP contribution >= 0.6 is 0 Å². The summed E-state index contributed by atoms with van der Waals surface area (Å²) in [6.45, 7) is 1.39. The first-order chi connectivity index (χ1) is 4.45. The van der Waals surface area contributed by atoms with Crippen LogP contribution in [-0.2, 0) is 9.84 Å². The molecule has 1 fully saturated rings. The van der Waals surface area contributed by atoms with Crippen LogP contribution in [0.1, 0.15) is 6.92 Å². The van der Waals surface area contributed by atoms with E-state index in [0.717, 1.165) is 0 Å². The Morgan fingerprint density at radius 3 is 2.00 bits per heavy atom. The van der Waals surface area contributed by atoms with Crippen LogP contribution in [0.3, 0.4) is 0 Å². The lowest BCUT2D eigenvalue weighted by Crippen LogP contribution is -2.18. The van der Waals surface area contributed by atoms with Gasteiger partial charge in [-0.2, -0.15) is 0 Å². The number of sulfone groups is 1. The standard InChI is InChI=1S/C5H8F2O2S/c1-3-2-10(8,9)5(7)4(3)6/h3-5H,2H2,1H3. The molecule has 3 atom stereocenters. The van der Waals surface area contributed by atoms with E-state index in [0.29, 0.717) is 0 Å². The average molecular weight is 170 g/mol. The molecular formula is C5H8F2O2S. The van der Waals surface area contributed by atoms with Gasteiger partial charge in [0.25, 0.3) is 0 Å². The van der Waals surface area contributed by atoms with Gasteiger partial charge in [0, 0.05) is 5.92 Å². The van der Waals surface area contributed by atoms with E-state index in [1.807, 2.05) is 0 Å². The number of hydrogen-bond acceptors (Lipinski definition) is 2. The van der Waals surface area contributed by atoms with Gasteiger partial charge in [0.15, 0.2) is 9.84 Å². The lowest BCUT2D eigenvalue weighted by atomic mass is 10.1. The van der Waals surface area contributed by atoms with Gasteiger partial charge in [-0.25, -0.2) is 17.2 Å². The Labute approximate surface area is 58.1 Å². The third-order valence-electron chi connectivity index (χ3n) is 1.63. The Bertz CT molecular complexity index is 224. The quantitative estimate of drug-likeness (QED) is 0.536. The van der Waals surface area contributed by atoms with Crippen LogP contribution in [0, 0.1) is 5.92 Å². The molecule has 1 aliphatic rings. The third kappa shape index (κ3) is 1.02. The van der Waals surface area contributed by atoms with E-state index in [4.69, 9.17) is 0 Å². The largest absolute Gasteiger partial charge is 0.243 e. The predicted molar refractivity (Wildman–Crippen MR) is 32.7 cm³/mol. The fraction of sp³-hybridized carbons (Fsp3) is 1.00. The van der Waals surface area contributed by atoms with Crippen molar-refractivity contribution in [1.82, 2.24) is 0 Å². The maximum atomic E-state index is 12.5. The molecule has 60 valence electrons. The van der Waals surface area contributed by atoms with Gasteiger partial charge in [-0.05, 0) is 0 Å². The van der Waals surface area contributed by atoms with E-state index < -0.39 is 27.4 Å². The Morgan fingerprint density at radius 2 is 1.90 bits per heavy atom. The van der Waals surface area contributed by atoms with E-state index in [1.54, 1.807) is 0 Å². The van der Waals surface area contributed by atoms with Crippen molar-refractivity contribution in [2.45, 2.75) is 18.6 Å². The molecule has 0 aromatic carbocycles. The number of alkyl halides is 2. The summed E-state index contributed by atoms with van der Waals surface area (Å²) in [5.41, 5.74) is -2.29. The molecular weight excluding hydrogens is 162 g/mol. The van der Waals surface area contributed by atoms with Gasteiger partial charge in [0.1, 0.15) is 6.17 Å². The van der Waals surface area contributed by atoms with Crippen LogP contribution in [0.4, 0.5) is 8.78 Å². The summed E-state index contributed by atoms with van der Waals surface area (Å²) in [5, 5.41) is 0. The fourth-order valence-corrected chi connectivity index (χ4v) is 2.77. The molecule has 0 aliphatic carbocycles. The first-order valence-corrected chi connectivity index (χ1v) is 4.66.